The number of carbonyl (C=O) groups excluding carboxylic acids is 1. The first-order chi connectivity index (χ1) is 4.22. The first-order valence-electron chi connectivity index (χ1n) is 2.94. The first-order valence-corrected chi connectivity index (χ1v) is 4.19. The van der Waals surface area contributed by atoms with Crippen molar-refractivity contribution in [3.8, 4) is 0 Å². The van der Waals surface area contributed by atoms with Crippen molar-refractivity contribution in [2.24, 2.45) is 0 Å². The minimum atomic E-state index is -0.424. The monoisotopic (exact) mass is 166 g/mol. The Morgan fingerprint density at radius 2 is 2.44 bits per heavy atom. The molecule has 0 fully saturated rings. The van der Waals surface area contributed by atoms with Gasteiger partial charge in [-0.1, -0.05) is 13.3 Å². The Hall–Kier alpha value is -0.0231. The van der Waals surface area contributed by atoms with E-state index in [-0.39, 0.29) is 5.97 Å². The Morgan fingerprint density at radius 3 is 2.78 bits per heavy atom. The predicted octanol–water partition coefficient (Wildman–Crippen LogP) is 0.217. The third-order valence-electron chi connectivity index (χ3n) is 0.999. The maximum Gasteiger partial charge on any atom is 0.310 e. The lowest BCUT2D eigenvalue weighted by Crippen LogP contribution is -2.15. The van der Waals surface area contributed by atoms with Crippen LogP contribution < -0.4 is 0 Å². The lowest BCUT2D eigenvalue weighted by atomic mass is 10.2. The van der Waals surface area contributed by atoms with E-state index >= 15 is 0 Å². The molecule has 2 nitrogen and oxygen atoms in total. The van der Waals surface area contributed by atoms with Gasteiger partial charge in [0.2, 0.25) is 10.5 Å². The topological polar surface area (TPSA) is 26.3 Å². The van der Waals surface area contributed by atoms with Crippen molar-refractivity contribution >= 4 is 28.1 Å². The van der Waals surface area contributed by atoms with Crippen LogP contribution in [0.15, 0.2) is 0 Å². The third kappa shape index (κ3) is 3.54. The summed E-state index contributed by atoms with van der Waals surface area (Å²) in [6.07, 6.45) is 1.63. The molecule has 0 heterocycles. The molecule has 0 aliphatic heterocycles. The summed E-state index contributed by atoms with van der Waals surface area (Å²) >= 11 is 5.58. The molecule has 0 amide bonds. The Balaban J connectivity index is 3.45. The van der Waals surface area contributed by atoms with Crippen LogP contribution in [0.5, 0.6) is 0 Å². The molecule has 0 bridgehead atoms. The molecule has 0 aliphatic carbocycles. The van der Waals surface area contributed by atoms with Gasteiger partial charge in [0.15, 0.2) is 0 Å². The van der Waals surface area contributed by atoms with Crippen LogP contribution in [0.3, 0.4) is 0 Å². The summed E-state index contributed by atoms with van der Waals surface area (Å²) in [6, 6.07) is 0. The highest BCUT2D eigenvalue weighted by Gasteiger charge is 2.12. The summed E-state index contributed by atoms with van der Waals surface area (Å²) in [4.78, 5) is 10.6. The van der Waals surface area contributed by atoms with E-state index in [1.807, 2.05) is 6.92 Å². The van der Waals surface area contributed by atoms with Gasteiger partial charge in [-0.05, 0) is 6.42 Å². The molecule has 4 heteroatoms. The van der Waals surface area contributed by atoms with Gasteiger partial charge in [-0.3, -0.25) is 4.79 Å². The lowest BCUT2D eigenvalue weighted by Gasteiger charge is -2.03. The highest BCUT2D eigenvalue weighted by atomic mass is 35.5. The molecular weight excluding hydrogens is 156 g/mol. The van der Waals surface area contributed by atoms with Gasteiger partial charge >= 0.3 is 5.97 Å². The number of halogens is 1. The van der Waals surface area contributed by atoms with E-state index < -0.39 is 5.38 Å². The maximum atomic E-state index is 10.6. The van der Waals surface area contributed by atoms with Crippen molar-refractivity contribution in [2.45, 2.75) is 25.1 Å². The quantitative estimate of drug-likeness (QED) is 0.443. The van der Waals surface area contributed by atoms with Crippen LogP contribution in [0.4, 0.5) is 0 Å². The van der Waals surface area contributed by atoms with E-state index in [4.69, 9.17) is 11.6 Å². The van der Waals surface area contributed by atoms with E-state index in [9.17, 15) is 4.79 Å². The number of carbonyl (C=O) groups is 1. The molecular formula is C5H11ClO2Si. The van der Waals surface area contributed by atoms with E-state index in [0.717, 1.165) is 6.42 Å². The van der Waals surface area contributed by atoms with E-state index in [0.29, 0.717) is 16.9 Å². The third-order valence-corrected chi connectivity index (χ3v) is 1.80. The fraction of sp³-hybridized carbons (Fsp3) is 0.800. The average molecular weight is 167 g/mol. The van der Waals surface area contributed by atoms with E-state index in [2.05, 4.69) is 4.43 Å². The molecule has 1 atom stereocenters. The molecule has 0 spiro atoms. The minimum absolute atomic E-state index is 0.273. The molecule has 1 unspecified atom stereocenters. The van der Waals surface area contributed by atoms with Crippen molar-refractivity contribution in [3.05, 3.63) is 0 Å². The Morgan fingerprint density at radius 1 is 1.89 bits per heavy atom. The van der Waals surface area contributed by atoms with Crippen molar-refractivity contribution in [2.75, 3.05) is 0 Å². The molecule has 0 saturated carbocycles. The predicted molar refractivity (Wildman–Crippen MR) is 40.6 cm³/mol. The van der Waals surface area contributed by atoms with Crippen LogP contribution in [0, 0.1) is 0 Å². The summed E-state index contributed by atoms with van der Waals surface area (Å²) < 4.78 is 4.53. The first kappa shape index (κ1) is 8.98. The van der Waals surface area contributed by atoms with Gasteiger partial charge in [-0.15, -0.1) is 11.6 Å². The van der Waals surface area contributed by atoms with Crippen molar-refractivity contribution in [1.29, 1.82) is 0 Å². The van der Waals surface area contributed by atoms with Crippen LogP contribution in [0.25, 0.3) is 0 Å². The van der Waals surface area contributed by atoms with Crippen molar-refractivity contribution in [3.63, 3.8) is 0 Å². The van der Waals surface area contributed by atoms with Gasteiger partial charge in [-0.2, -0.15) is 0 Å². The van der Waals surface area contributed by atoms with Crippen LogP contribution in [-0.2, 0) is 9.22 Å². The zero-order valence-corrected chi connectivity index (χ0v) is 8.44. The largest absolute Gasteiger partial charge is 0.528 e. The molecule has 54 valence electrons. The van der Waals surface area contributed by atoms with E-state index in [1.165, 1.54) is 0 Å². The number of rotatable bonds is 3. The minimum Gasteiger partial charge on any atom is -0.528 e. The highest BCUT2D eigenvalue weighted by molar-refractivity contribution is 6.31. The second-order valence-electron chi connectivity index (χ2n) is 1.78. The molecule has 0 aromatic carbocycles. The van der Waals surface area contributed by atoms with Gasteiger partial charge < -0.3 is 4.43 Å². The van der Waals surface area contributed by atoms with Crippen LogP contribution in [-0.4, -0.2) is 21.8 Å². The van der Waals surface area contributed by atoms with Crippen LogP contribution in [0.1, 0.15) is 19.8 Å². The van der Waals surface area contributed by atoms with Gasteiger partial charge in [0.1, 0.15) is 5.38 Å². The van der Waals surface area contributed by atoms with Gasteiger partial charge in [0.25, 0.3) is 0 Å². The van der Waals surface area contributed by atoms with Crippen LogP contribution in [0.2, 0.25) is 0 Å². The Labute approximate surface area is 63.1 Å². The van der Waals surface area contributed by atoms with E-state index in [1.54, 1.807) is 0 Å². The second-order valence-corrected chi connectivity index (χ2v) is 2.71. The maximum absolute atomic E-state index is 10.6. The summed E-state index contributed by atoms with van der Waals surface area (Å²) in [7, 11) is 0.444. The Bertz CT molecular complexity index is 97.0. The van der Waals surface area contributed by atoms with Crippen LogP contribution >= 0.6 is 11.6 Å². The molecule has 0 rings (SSSR count). The van der Waals surface area contributed by atoms with Gasteiger partial charge in [0, 0.05) is 0 Å². The SMILES string of the molecule is CCCC(Cl)C(=O)O[SiH3]. The molecule has 9 heavy (non-hydrogen) atoms. The smallest absolute Gasteiger partial charge is 0.310 e. The summed E-state index contributed by atoms with van der Waals surface area (Å²) in [5, 5.41) is -0.424. The molecule has 0 aliphatic rings. The molecule has 0 saturated heterocycles. The summed E-state index contributed by atoms with van der Waals surface area (Å²) in [6.45, 7) is 1.98. The summed E-state index contributed by atoms with van der Waals surface area (Å²) in [5.74, 6) is -0.273. The number of hydrogen-bond donors (Lipinski definition) is 0. The number of alkyl halides is 1. The fourth-order valence-corrected chi connectivity index (χ4v) is 1.24. The molecule has 0 radical (unpaired) electrons. The van der Waals surface area contributed by atoms with Crippen molar-refractivity contribution < 1.29 is 9.22 Å². The standard InChI is InChI=1S/C5H11ClO2Si/c1-2-3-4(6)5(7)8-9/h4H,2-3H2,1,9H3. The normalized spacial score (nSPS) is 13.1. The zero-order valence-electron chi connectivity index (χ0n) is 5.69. The Kier molecular flexibility index (Phi) is 4.81. The number of hydrogen-bond acceptors (Lipinski definition) is 2. The molecule has 0 N–H and O–H groups in total. The zero-order chi connectivity index (χ0) is 7.28. The second kappa shape index (κ2) is 4.82. The highest BCUT2D eigenvalue weighted by Crippen LogP contribution is 2.05. The van der Waals surface area contributed by atoms with Gasteiger partial charge in [0.05, 0.1) is 0 Å². The molecule has 0 aromatic heterocycles. The lowest BCUT2D eigenvalue weighted by molar-refractivity contribution is -0.133. The molecule has 0 aromatic rings. The van der Waals surface area contributed by atoms with Gasteiger partial charge in [-0.25, -0.2) is 0 Å². The van der Waals surface area contributed by atoms with Crippen molar-refractivity contribution in [1.82, 2.24) is 0 Å². The fourth-order valence-electron chi connectivity index (χ4n) is 0.499. The summed E-state index contributed by atoms with van der Waals surface area (Å²) in [5.41, 5.74) is 0. The average Bonchev–Trinajstić information content (AvgIpc) is 1.87.